The minimum atomic E-state index is 0.0497. The largest absolute Gasteiger partial charge is 0.314 e. The standard InChI is InChI=1S/C15H16BrNO/c1-12-10-14(16)15(18)17(11-12)9-5-8-13-6-3-2-4-7-13/h2-4,6-7,10-11H,5,8-9H2,1H3. The summed E-state index contributed by atoms with van der Waals surface area (Å²) in [7, 11) is 0. The third-order valence-corrected chi connectivity index (χ3v) is 3.45. The first kappa shape index (κ1) is 13.1. The second kappa shape index (κ2) is 6.01. The van der Waals surface area contributed by atoms with Crippen molar-refractivity contribution >= 4 is 15.9 Å². The van der Waals surface area contributed by atoms with E-state index < -0.39 is 0 Å². The van der Waals surface area contributed by atoms with Crippen LogP contribution >= 0.6 is 15.9 Å². The molecule has 0 saturated heterocycles. The van der Waals surface area contributed by atoms with E-state index in [9.17, 15) is 4.79 Å². The maximum atomic E-state index is 11.9. The van der Waals surface area contributed by atoms with Gasteiger partial charge in [-0.2, -0.15) is 0 Å². The van der Waals surface area contributed by atoms with E-state index in [-0.39, 0.29) is 5.56 Å². The molecule has 18 heavy (non-hydrogen) atoms. The predicted octanol–water partition coefficient (Wildman–Crippen LogP) is 3.55. The summed E-state index contributed by atoms with van der Waals surface area (Å²) < 4.78 is 2.42. The fraction of sp³-hybridized carbons (Fsp3) is 0.267. The monoisotopic (exact) mass is 305 g/mol. The number of aryl methyl sites for hydroxylation is 3. The number of nitrogens with zero attached hydrogens (tertiary/aromatic N) is 1. The lowest BCUT2D eigenvalue weighted by Crippen LogP contribution is -2.20. The van der Waals surface area contributed by atoms with Gasteiger partial charge in [-0.25, -0.2) is 0 Å². The lowest BCUT2D eigenvalue weighted by atomic mass is 10.1. The molecule has 0 saturated carbocycles. The van der Waals surface area contributed by atoms with E-state index in [0.717, 1.165) is 24.9 Å². The first-order valence-electron chi connectivity index (χ1n) is 6.07. The van der Waals surface area contributed by atoms with Crippen molar-refractivity contribution in [2.45, 2.75) is 26.3 Å². The van der Waals surface area contributed by atoms with Crippen molar-refractivity contribution in [1.82, 2.24) is 4.57 Å². The number of hydrogen-bond acceptors (Lipinski definition) is 1. The van der Waals surface area contributed by atoms with Gasteiger partial charge < -0.3 is 4.57 Å². The highest BCUT2D eigenvalue weighted by atomic mass is 79.9. The second-order valence-electron chi connectivity index (χ2n) is 4.45. The minimum absolute atomic E-state index is 0.0497. The summed E-state index contributed by atoms with van der Waals surface area (Å²) in [6.45, 7) is 2.76. The Bertz CT molecular complexity index is 575. The first-order chi connectivity index (χ1) is 8.66. The van der Waals surface area contributed by atoms with Crippen LogP contribution in [0.15, 0.2) is 51.9 Å². The molecule has 0 atom stereocenters. The van der Waals surface area contributed by atoms with Gasteiger partial charge in [-0.05, 0) is 52.9 Å². The summed E-state index contributed by atoms with van der Waals surface area (Å²) in [5.41, 5.74) is 2.46. The number of halogens is 1. The van der Waals surface area contributed by atoms with E-state index in [1.807, 2.05) is 37.4 Å². The SMILES string of the molecule is Cc1cc(Br)c(=O)n(CCCc2ccccc2)c1. The Morgan fingerprint density at radius 2 is 1.94 bits per heavy atom. The van der Waals surface area contributed by atoms with Crippen molar-refractivity contribution in [3.05, 3.63) is 68.5 Å². The van der Waals surface area contributed by atoms with Gasteiger partial charge in [-0.15, -0.1) is 0 Å². The summed E-state index contributed by atoms with van der Waals surface area (Å²) in [6.07, 6.45) is 3.89. The zero-order valence-electron chi connectivity index (χ0n) is 10.4. The second-order valence-corrected chi connectivity index (χ2v) is 5.31. The molecule has 94 valence electrons. The van der Waals surface area contributed by atoms with E-state index in [0.29, 0.717) is 4.47 Å². The number of benzene rings is 1. The highest BCUT2D eigenvalue weighted by Crippen LogP contribution is 2.07. The molecular weight excluding hydrogens is 290 g/mol. The zero-order chi connectivity index (χ0) is 13.0. The Morgan fingerprint density at radius 3 is 2.67 bits per heavy atom. The fourth-order valence-electron chi connectivity index (χ4n) is 2.00. The molecule has 0 N–H and O–H groups in total. The van der Waals surface area contributed by atoms with E-state index >= 15 is 0 Å². The Balaban J connectivity index is 2.01. The van der Waals surface area contributed by atoms with Crippen molar-refractivity contribution in [2.24, 2.45) is 0 Å². The van der Waals surface area contributed by atoms with Crippen molar-refractivity contribution in [1.29, 1.82) is 0 Å². The summed E-state index contributed by atoms with van der Waals surface area (Å²) in [6, 6.07) is 12.2. The van der Waals surface area contributed by atoms with Crippen LogP contribution in [0.2, 0.25) is 0 Å². The lowest BCUT2D eigenvalue weighted by Gasteiger charge is -2.07. The Labute approximate surface area is 115 Å². The average Bonchev–Trinajstić information content (AvgIpc) is 2.36. The zero-order valence-corrected chi connectivity index (χ0v) is 12.0. The van der Waals surface area contributed by atoms with Crippen LogP contribution in [0, 0.1) is 6.92 Å². The molecule has 0 radical (unpaired) electrons. The molecule has 0 spiro atoms. The van der Waals surface area contributed by atoms with Crippen LogP contribution in [-0.2, 0) is 13.0 Å². The Kier molecular flexibility index (Phi) is 4.37. The summed E-state index contributed by atoms with van der Waals surface area (Å²) in [5, 5.41) is 0. The van der Waals surface area contributed by atoms with Crippen molar-refractivity contribution in [2.75, 3.05) is 0 Å². The van der Waals surface area contributed by atoms with Crippen molar-refractivity contribution in [3.63, 3.8) is 0 Å². The van der Waals surface area contributed by atoms with Gasteiger partial charge in [0.15, 0.2) is 0 Å². The molecule has 1 aromatic heterocycles. The molecule has 2 nitrogen and oxygen atoms in total. The summed E-state index contributed by atoms with van der Waals surface area (Å²) in [5.74, 6) is 0. The number of rotatable bonds is 4. The maximum absolute atomic E-state index is 11.9. The van der Waals surface area contributed by atoms with Crippen molar-refractivity contribution in [3.8, 4) is 0 Å². The third-order valence-electron chi connectivity index (χ3n) is 2.89. The van der Waals surface area contributed by atoms with Gasteiger partial charge in [-0.1, -0.05) is 30.3 Å². The minimum Gasteiger partial charge on any atom is -0.314 e. The lowest BCUT2D eigenvalue weighted by molar-refractivity contribution is 0.618. The van der Waals surface area contributed by atoms with Crippen LogP contribution in [0.25, 0.3) is 0 Å². The van der Waals surface area contributed by atoms with E-state index in [2.05, 4.69) is 28.1 Å². The highest BCUT2D eigenvalue weighted by molar-refractivity contribution is 9.10. The Hall–Kier alpha value is -1.35. The average molecular weight is 306 g/mol. The van der Waals surface area contributed by atoms with Gasteiger partial charge in [0.05, 0.1) is 4.47 Å². The first-order valence-corrected chi connectivity index (χ1v) is 6.86. The summed E-state index contributed by atoms with van der Waals surface area (Å²) >= 11 is 3.30. The molecule has 0 fully saturated rings. The fourth-order valence-corrected chi connectivity index (χ4v) is 2.59. The van der Waals surface area contributed by atoms with Crippen LogP contribution < -0.4 is 5.56 Å². The molecule has 0 aliphatic heterocycles. The molecule has 0 amide bonds. The van der Waals surface area contributed by atoms with Crippen LogP contribution in [0.5, 0.6) is 0 Å². The number of aromatic nitrogens is 1. The normalized spacial score (nSPS) is 10.6. The predicted molar refractivity (Wildman–Crippen MR) is 77.9 cm³/mol. The van der Waals surface area contributed by atoms with Gasteiger partial charge in [-0.3, -0.25) is 4.79 Å². The van der Waals surface area contributed by atoms with Crippen LogP contribution in [0.4, 0.5) is 0 Å². The molecule has 0 unspecified atom stereocenters. The van der Waals surface area contributed by atoms with Crippen LogP contribution in [0.1, 0.15) is 17.5 Å². The number of pyridine rings is 1. The van der Waals surface area contributed by atoms with Gasteiger partial charge in [0.25, 0.3) is 5.56 Å². The van der Waals surface area contributed by atoms with Gasteiger partial charge in [0.1, 0.15) is 0 Å². The van der Waals surface area contributed by atoms with Gasteiger partial charge >= 0.3 is 0 Å². The topological polar surface area (TPSA) is 22.0 Å². The summed E-state index contributed by atoms with van der Waals surface area (Å²) in [4.78, 5) is 11.9. The van der Waals surface area contributed by atoms with Crippen LogP contribution in [-0.4, -0.2) is 4.57 Å². The molecule has 3 heteroatoms. The quantitative estimate of drug-likeness (QED) is 0.846. The molecule has 2 rings (SSSR count). The molecule has 1 heterocycles. The molecule has 0 aliphatic rings. The number of hydrogen-bond donors (Lipinski definition) is 0. The third kappa shape index (κ3) is 3.33. The van der Waals surface area contributed by atoms with E-state index in [1.165, 1.54) is 5.56 Å². The Morgan fingerprint density at radius 1 is 1.22 bits per heavy atom. The van der Waals surface area contributed by atoms with Gasteiger partial charge in [0, 0.05) is 12.7 Å². The van der Waals surface area contributed by atoms with Gasteiger partial charge in [0.2, 0.25) is 0 Å². The highest BCUT2D eigenvalue weighted by Gasteiger charge is 2.02. The molecule has 0 aliphatic carbocycles. The molecule has 1 aromatic carbocycles. The van der Waals surface area contributed by atoms with E-state index in [1.54, 1.807) is 4.57 Å². The molecule has 2 aromatic rings. The van der Waals surface area contributed by atoms with E-state index in [4.69, 9.17) is 0 Å². The van der Waals surface area contributed by atoms with Crippen LogP contribution in [0.3, 0.4) is 0 Å². The van der Waals surface area contributed by atoms with Crippen molar-refractivity contribution < 1.29 is 0 Å². The smallest absolute Gasteiger partial charge is 0.264 e. The molecule has 0 bridgehead atoms. The molecular formula is C15H16BrNO. The maximum Gasteiger partial charge on any atom is 0.264 e.